The van der Waals surface area contributed by atoms with Gasteiger partial charge in [-0.25, -0.2) is 14.2 Å². The van der Waals surface area contributed by atoms with Crippen LogP contribution in [0.2, 0.25) is 0 Å². The van der Waals surface area contributed by atoms with Crippen molar-refractivity contribution in [1.82, 2.24) is 14.5 Å². The van der Waals surface area contributed by atoms with Gasteiger partial charge in [0.05, 0.1) is 47.4 Å². The van der Waals surface area contributed by atoms with Gasteiger partial charge in [0.1, 0.15) is 23.5 Å². The number of piperidine rings is 1. The average molecular weight is 579 g/mol. The van der Waals surface area contributed by atoms with E-state index in [9.17, 15) is 14.3 Å². The first-order valence-corrected chi connectivity index (χ1v) is 14.7. The number of halogens is 1. The highest BCUT2D eigenvalue weighted by molar-refractivity contribution is 5.92. The van der Waals surface area contributed by atoms with Crippen LogP contribution < -0.4 is 4.74 Å². The number of fused-ring (bicyclic) bond motifs is 2. The second kappa shape index (κ2) is 11.3. The summed E-state index contributed by atoms with van der Waals surface area (Å²) >= 11 is 0. The van der Waals surface area contributed by atoms with Crippen LogP contribution in [0.3, 0.4) is 0 Å². The number of nitriles is 1. The summed E-state index contributed by atoms with van der Waals surface area (Å²) in [5.41, 5.74) is 4.69. The minimum atomic E-state index is -0.950. The third kappa shape index (κ3) is 5.29. The fourth-order valence-corrected chi connectivity index (χ4v) is 6.38. The number of aromatic nitrogens is 2. The van der Waals surface area contributed by atoms with Crippen molar-refractivity contribution in [1.29, 1.82) is 5.26 Å². The largest absolute Gasteiger partial charge is 0.481 e. The van der Waals surface area contributed by atoms with Crippen LogP contribution in [0.4, 0.5) is 4.39 Å². The van der Waals surface area contributed by atoms with E-state index < -0.39 is 17.9 Å². The number of hydrogen-bond donors (Lipinski definition) is 1. The van der Waals surface area contributed by atoms with Crippen LogP contribution >= 0.6 is 0 Å². The van der Waals surface area contributed by atoms with Gasteiger partial charge in [-0.05, 0) is 80.2 Å². The van der Waals surface area contributed by atoms with Crippen LogP contribution in [0.5, 0.6) is 5.75 Å². The molecule has 9 heteroatoms. The number of imidazole rings is 1. The van der Waals surface area contributed by atoms with Crippen LogP contribution in [0, 0.1) is 17.1 Å². The number of hydrogen-bond acceptors (Lipinski definition) is 6. The molecule has 1 aromatic heterocycles. The van der Waals surface area contributed by atoms with Crippen molar-refractivity contribution in [3.63, 3.8) is 0 Å². The Labute approximate surface area is 248 Å². The lowest BCUT2D eigenvalue weighted by atomic mass is 9.87. The fraction of sp³-hybridized carbons (Fsp3) is 0.324. The second-order valence-corrected chi connectivity index (χ2v) is 11.5. The minimum absolute atomic E-state index is 0.121. The van der Waals surface area contributed by atoms with Gasteiger partial charge in [0.25, 0.3) is 0 Å². The summed E-state index contributed by atoms with van der Waals surface area (Å²) in [5.74, 6) is 0.619. The highest BCUT2D eigenvalue weighted by atomic mass is 19.1. The molecule has 0 saturated carbocycles. The number of carbonyl (C=O) groups is 1. The Balaban J connectivity index is 1.08. The molecule has 0 amide bonds. The van der Waals surface area contributed by atoms with Crippen LogP contribution in [0.1, 0.15) is 69.7 Å². The zero-order chi connectivity index (χ0) is 29.5. The van der Waals surface area contributed by atoms with Gasteiger partial charge >= 0.3 is 5.97 Å². The van der Waals surface area contributed by atoms with Crippen molar-refractivity contribution in [2.75, 3.05) is 19.7 Å². The fourth-order valence-electron chi connectivity index (χ4n) is 6.38. The van der Waals surface area contributed by atoms with Crippen molar-refractivity contribution < 1.29 is 23.8 Å². The third-order valence-corrected chi connectivity index (χ3v) is 8.85. The molecule has 1 N–H and O–H groups in total. The van der Waals surface area contributed by atoms with Gasteiger partial charge in [-0.1, -0.05) is 30.3 Å². The summed E-state index contributed by atoms with van der Waals surface area (Å²) in [6, 6.07) is 17.8. The lowest BCUT2D eigenvalue weighted by Gasteiger charge is -2.34. The monoisotopic (exact) mass is 578 g/mol. The van der Waals surface area contributed by atoms with Crippen LogP contribution in [0.15, 0.2) is 60.7 Å². The molecule has 3 aliphatic rings. The molecule has 4 heterocycles. The van der Waals surface area contributed by atoms with E-state index >= 15 is 0 Å². The Morgan fingerprint density at radius 2 is 1.93 bits per heavy atom. The number of ether oxygens (including phenoxy) is 2. The molecule has 0 unspecified atom stereocenters. The molecule has 7 rings (SSSR count). The first kappa shape index (κ1) is 27.3. The van der Waals surface area contributed by atoms with E-state index in [2.05, 4.69) is 15.5 Å². The van der Waals surface area contributed by atoms with Gasteiger partial charge in [-0.3, -0.25) is 4.90 Å². The number of likely N-dealkylation sites (tertiary alicyclic amines) is 1. The van der Waals surface area contributed by atoms with Gasteiger partial charge in [-0.2, -0.15) is 5.26 Å². The zero-order valence-electron chi connectivity index (χ0n) is 23.6. The topological polar surface area (TPSA) is 101 Å². The molecular formula is C34H31FN4O4. The normalized spacial score (nSPS) is 20.3. The number of rotatable bonds is 7. The molecule has 0 spiro atoms. The van der Waals surface area contributed by atoms with E-state index in [1.165, 1.54) is 6.07 Å². The second-order valence-electron chi connectivity index (χ2n) is 11.5. The molecule has 0 radical (unpaired) electrons. The maximum absolute atomic E-state index is 14.8. The van der Waals surface area contributed by atoms with Crippen molar-refractivity contribution in [2.45, 2.75) is 50.5 Å². The Kier molecular flexibility index (Phi) is 7.17. The molecule has 43 heavy (non-hydrogen) atoms. The number of para-hydroxylation sites is 1. The first-order chi connectivity index (χ1) is 21.0. The van der Waals surface area contributed by atoms with E-state index in [-0.39, 0.29) is 17.2 Å². The van der Waals surface area contributed by atoms with E-state index in [4.69, 9.17) is 19.7 Å². The molecule has 0 bridgehead atoms. The average Bonchev–Trinajstić information content (AvgIpc) is 3.34. The van der Waals surface area contributed by atoms with Crippen molar-refractivity contribution >= 4 is 23.1 Å². The molecule has 218 valence electrons. The molecule has 0 aliphatic carbocycles. The van der Waals surface area contributed by atoms with Crippen LogP contribution in [0.25, 0.3) is 17.1 Å². The summed E-state index contributed by atoms with van der Waals surface area (Å²) in [6.07, 6.45) is 6.28. The van der Waals surface area contributed by atoms with Gasteiger partial charge in [-0.15, -0.1) is 0 Å². The highest BCUT2D eigenvalue weighted by Gasteiger charge is 2.29. The predicted molar refractivity (Wildman–Crippen MR) is 158 cm³/mol. The summed E-state index contributed by atoms with van der Waals surface area (Å²) in [4.78, 5) is 18.9. The first-order valence-electron chi connectivity index (χ1n) is 14.7. The number of carboxylic acids is 1. The molecule has 4 aromatic rings. The maximum atomic E-state index is 14.8. The van der Waals surface area contributed by atoms with E-state index in [0.717, 1.165) is 72.7 Å². The van der Waals surface area contributed by atoms with Gasteiger partial charge in [0.15, 0.2) is 0 Å². The highest BCUT2D eigenvalue weighted by Crippen LogP contribution is 2.42. The van der Waals surface area contributed by atoms with Gasteiger partial charge < -0.3 is 19.1 Å². The van der Waals surface area contributed by atoms with Crippen molar-refractivity contribution in [3.05, 3.63) is 100 Å². The predicted octanol–water partition coefficient (Wildman–Crippen LogP) is 6.06. The molecule has 2 fully saturated rings. The lowest BCUT2D eigenvalue weighted by molar-refractivity contribution is -0.0592. The molecular weight excluding hydrogens is 547 g/mol. The maximum Gasteiger partial charge on any atom is 0.335 e. The van der Waals surface area contributed by atoms with E-state index in [1.807, 2.05) is 30.4 Å². The lowest BCUT2D eigenvalue weighted by Crippen LogP contribution is -2.35. The standard InChI is InChI=1S/C34H31FN4O4/c35-28-16-21(18-36)4-7-27(28)31-9-6-23-2-1-3-26(33(23)43-31)22-10-13-38(14-11-22)20-32-37-29-8-5-24(34(40)41)17-30(29)39(32)19-25-12-15-42-25/h1-9,16-17,22,25,31H,10-15,19-20H2,(H,40,41)/t25-,31-/m0/s1. The Morgan fingerprint density at radius 3 is 2.65 bits per heavy atom. The number of aromatic carboxylic acids is 1. The molecule has 3 aliphatic heterocycles. The quantitative estimate of drug-likeness (QED) is 0.285. The summed E-state index contributed by atoms with van der Waals surface area (Å²) in [7, 11) is 0. The smallest absolute Gasteiger partial charge is 0.335 e. The summed E-state index contributed by atoms with van der Waals surface area (Å²) < 4.78 is 29.1. The molecule has 3 aromatic carbocycles. The van der Waals surface area contributed by atoms with E-state index in [0.29, 0.717) is 24.6 Å². The van der Waals surface area contributed by atoms with Gasteiger partial charge in [0.2, 0.25) is 0 Å². The molecule has 8 nitrogen and oxygen atoms in total. The zero-order valence-corrected chi connectivity index (χ0v) is 23.6. The number of carboxylic acid groups (broad SMARTS) is 1. The Morgan fingerprint density at radius 1 is 1.09 bits per heavy atom. The van der Waals surface area contributed by atoms with Crippen LogP contribution in [-0.2, 0) is 17.8 Å². The van der Waals surface area contributed by atoms with Crippen LogP contribution in [-0.4, -0.2) is 51.3 Å². The molecule has 2 atom stereocenters. The van der Waals surface area contributed by atoms with Crippen molar-refractivity contribution in [3.8, 4) is 11.8 Å². The number of benzene rings is 3. The minimum Gasteiger partial charge on any atom is -0.481 e. The third-order valence-electron chi connectivity index (χ3n) is 8.85. The summed E-state index contributed by atoms with van der Waals surface area (Å²) in [5, 5.41) is 18.6. The van der Waals surface area contributed by atoms with Crippen molar-refractivity contribution in [2.24, 2.45) is 0 Å². The Hall–Kier alpha value is -4.52. The SMILES string of the molecule is N#Cc1ccc([C@@H]2C=Cc3cccc(C4CCN(Cc5nc6ccc(C(=O)O)cc6n5C[C@@H]5CCO5)CC4)c3O2)c(F)c1. The Bertz CT molecular complexity index is 1780. The summed E-state index contributed by atoms with van der Waals surface area (Å²) in [6.45, 7) is 3.84. The number of nitrogens with zero attached hydrogens (tertiary/aromatic N) is 4. The van der Waals surface area contributed by atoms with Gasteiger partial charge in [0, 0.05) is 17.7 Å². The van der Waals surface area contributed by atoms with E-state index in [1.54, 1.807) is 30.3 Å². The molecule has 2 saturated heterocycles.